The molecular formula is C23H28F2N4O. The fourth-order valence-electron chi connectivity index (χ4n) is 3.71. The molecule has 1 N–H and O–H groups in total. The normalized spacial score (nSPS) is 12.7. The Bertz CT molecular complexity index is 1040. The fourth-order valence-corrected chi connectivity index (χ4v) is 3.71. The number of pyridine rings is 1. The van der Waals surface area contributed by atoms with Gasteiger partial charge in [0.15, 0.2) is 5.65 Å². The van der Waals surface area contributed by atoms with Crippen molar-refractivity contribution in [3.63, 3.8) is 0 Å². The lowest BCUT2D eigenvalue weighted by Crippen LogP contribution is -2.31. The monoisotopic (exact) mass is 414 g/mol. The second-order valence-corrected chi connectivity index (χ2v) is 7.94. The third kappa shape index (κ3) is 4.50. The van der Waals surface area contributed by atoms with Gasteiger partial charge in [0.1, 0.15) is 6.54 Å². The molecule has 5 nitrogen and oxygen atoms in total. The molecule has 0 saturated carbocycles. The number of rotatable bonds is 7. The first-order valence-electron chi connectivity index (χ1n) is 10.2. The van der Waals surface area contributed by atoms with E-state index >= 15 is 0 Å². The van der Waals surface area contributed by atoms with E-state index in [2.05, 4.69) is 41.4 Å². The van der Waals surface area contributed by atoms with Crippen molar-refractivity contribution in [2.75, 3.05) is 0 Å². The van der Waals surface area contributed by atoms with Gasteiger partial charge in [0.05, 0.1) is 17.1 Å². The number of benzene rings is 1. The number of alkyl halides is 2. The number of fused-ring (bicyclic) bond motifs is 1. The number of amides is 1. The zero-order chi connectivity index (χ0) is 22.0. The molecule has 0 spiro atoms. The number of aromatic nitrogens is 3. The van der Waals surface area contributed by atoms with Gasteiger partial charge in [-0.25, -0.2) is 18.4 Å². The Morgan fingerprint density at radius 2 is 1.77 bits per heavy atom. The van der Waals surface area contributed by atoms with Crippen LogP contribution in [-0.2, 0) is 11.3 Å². The summed E-state index contributed by atoms with van der Waals surface area (Å²) < 4.78 is 28.3. The summed E-state index contributed by atoms with van der Waals surface area (Å²) in [6, 6.07) is 9.48. The van der Waals surface area contributed by atoms with E-state index in [9.17, 15) is 13.6 Å². The lowest BCUT2D eigenvalue weighted by Gasteiger charge is -2.18. The van der Waals surface area contributed by atoms with Gasteiger partial charge < -0.3 is 5.32 Å². The molecular weight excluding hydrogens is 386 g/mol. The Hall–Kier alpha value is -2.83. The van der Waals surface area contributed by atoms with Crippen LogP contribution in [0.1, 0.15) is 73.7 Å². The highest BCUT2D eigenvalue weighted by atomic mass is 19.3. The Kier molecular flexibility index (Phi) is 6.48. The summed E-state index contributed by atoms with van der Waals surface area (Å²) in [5.41, 5.74) is 3.40. The predicted molar refractivity (Wildman–Crippen MR) is 114 cm³/mol. The van der Waals surface area contributed by atoms with E-state index in [0.29, 0.717) is 28.3 Å². The molecule has 1 atom stereocenters. The molecule has 2 aromatic heterocycles. The van der Waals surface area contributed by atoms with Gasteiger partial charge in [-0.05, 0) is 43.4 Å². The molecule has 0 fully saturated rings. The Morgan fingerprint density at radius 3 is 2.33 bits per heavy atom. The van der Waals surface area contributed by atoms with Gasteiger partial charge in [0.2, 0.25) is 5.91 Å². The first-order chi connectivity index (χ1) is 14.2. The zero-order valence-corrected chi connectivity index (χ0v) is 18.0. The van der Waals surface area contributed by atoms with E-state index in [4.69, 9.17) is 0 Å². The highest BCUT2D eigenvalue weighted by Gasteiger charge is 2.21. The van der Waals surface area contributed by atoms with Crippen molar-refractivity contribution in [3.05, 3.63) is 58.4 Å². The quantitative estimate of drug-likeness (QED) is 0.565. The third-order valence-electron chi connectivity index (χ3n) is 5.31. The standard InChI is InChI=1S/C23H28F2N4O/c1-6-19(17-9-7-16(8-10-17)13(2)3)27-20(30)12-29-23-21(15(5)28-29)18(22(24)25)11-14(4)26-23/h7-11,13,19,22H,6,12H2,1-5H3,(H,27,30). The summed E-state index contributed by atoms with van der Waals surface area (Å²) in [6.45, 7) is 9.52. The molecule has 2 heterocycles. The van der Waals surface area contributed by atoms with Crippen molar-refractivity contribution in [2.45, 2.75) is 66.0 Å². The van der Waals surface area contributed by atoms with E-state index in [1.807, 2.05) is 19.1 Å². The minimum absolute atomic E-state index is 0.0793. The van der Waals surface area contributed by atoms with E-state index in [0.717, 1.165) is 12.0 Å². The van der Waals surface area contributed by atoms with Crippen molar-refractivity contribution >= 4 is 16.9 Å². The van der Waals surface area contributed by atoms with Gasteiger partial charge in [-0.3, -0.25) is 4.79 Å². The first-order valence-corrected chi connectivity index (χ1v) is 10.2. The van der Waals surface area contributed by atoms with Gasteiger partial charge in [0, 0.05) is 11.3 Å². The van der Waals surface area contributed by atoms with Crippen LogP contribution in [0.2, 0.25) is 0 Å². The zero-order valence-electron chi connectivity index (χ0n) is 18.0. The molecule has 0 saturated heterocycles. The van der Waals surface area contributed by atoms with Crippen molar-refractivity contribution < 1.29 is 13.6 Å². The summed E-state index contributed by atoms with van der Waals surface area (Å²) in [5.74, 6) is 0.209. The maximum absolute atomic E-state index is 13.5. The molecule has 1 unspecified atom stereocenters. The SMILES string of the molecule is CCC(NC(=O)Cn1nc(C)c2c(C(F)F)cc(C)nc21)c1ccc(C(C)C)cc1. The van der Waals surface area contributed by atoms with Crippen LogP contribution in [0.5, 0.6) is 0 Å². The van der Waals surface area contributed by atoms with Gasteiger partial charge in [0.25, 0.3) is 6.43 Å². The highest BCUT2D eigenvalue weighted by Crippen LogP contribution is 2.30. The van der Waals surface area contributed by atoms with Crippen LogP contribution in [0, 0.1) is 13.8 Å². The summed E-state index contributed by atoms with van der Waals surface area (Å²) >= 11 is 0. The van der Waals surface area contributed by atoms with Gasteiger partial charge >= 0.3 is 0 Å². The topological polar surface area (TPSA) is 59.8 Å². The number of hydrogen-bond acceptors (Lipinski definition) is 3. The van der Waals surface area contributed by atoms with Crippen molar-refractivity contribution in [3.8, 4) is 0 Å². The summed E-state index contributed by atoms with van der Waals surface area (Å²) in [4.78, 5) is 17.1. The minimum Gasteiger partial charge on any atom is -0.348 e. The largest absolute Gasteiger partial charge is 0.348 e. The van der Waals surface area contributed by atoms with Crippen LogP contribution in [-0.4, -0.2) is 20.7 Å². The Labute approximate surface area is 175 Å². The highest BCUT2D eigenvalue weighted by molar-refractivity contribution is 5.84. The first kappa shape index (κ1) is 21.9. The lowest BCUT2D eigenvalue weighted by atomic mass is 9.98. The molecule has 0 aliphatic heterocycles. The molecule has 3 aromatic rings. The predicted octanol–water partition coefficient (Wildman–Crippen LogP) is 5.38. The molecule has 0 bridgehead atoms. The number of carbonyl (C=O) groups is 1. The molecule has 1 amide bonds. The number of nitrogens with zero attached hydrogens (tertiary/aromatic N) is 3. The van der Waals surface area contributed by atoms with Crippen molar-refractivity contribution in [2.24, 2.45) is 0 Å². The number of carbonyl (C=O) groups excluding carboxylic acids is 1. The summed E-state index contributed by atoms with van der Waals surface area (Å²) in [6.07, 6.45) is -1.89. The fraction of sp³-hybridized carbons (Fsp3) is 0.435. The Morgan fingerprint density at radius 1 is 1.13 bits per heavy atom. The number of nitrogens with one attached hydrogen (secondary N) is 1. The molecule has 30 heavy (non-hydrogen) atoms. The van der Waals surface area contributed by atoms with E-state index < -0.39 is 6.43 Å². The molecule has 3 rings (SSSR count). The number of aryl methyl sites for hydroxylation is 2. The van der Waals surface area contributed by atoms with Gasteiger partial charge in [-0.2, -0.15) is 5.10 Å². The third-order valence-corrected chi connectivity index (χ3v) is 5.31. The molecule has 160 valence electrons. The van der Waals surface area contributed by atoms with Crippen LogP contribution in [0.25, 0.3) is 11.0 Å². The van der Waals surface area contributed by atoms with Crippen LogP contribution in [0.4, 0.5) is 8.78 Å². The smallest absolute Gasteiger partial charge is 0.264 e. The summed E-state index contributed by atoms with van der Waals surface area (Å²) in [5, 5.41) is 7.66. The van der Waals surface area contributed by atoms with E-state index in [-0.39, 0.29) is 24.1 Å². The molecule has 0 radical (unpaired) electrons. The van der Waals surface area contributed by atoms with Gasteiger partial charge in [-0.1, -0.05) is 45.0 Å². The molecule has 7 heteroatoms. The van der Waals surface area contributed by atoms with E-state index in [1.54, 1.807) is 13.8 Å². The maximum Gasteiger partial charge on any atom is 0.264 e. The summed E-state index contributed by atoms with van der Waals surface area (Å²) in [7, 11) is 0. The maximum atomic E-state index is 13.5. The molecule has 0 aliphatic rings. The number of halogens is 2. The lowest BCUT2D eigenvalue weighted by molar-refractivity contribution is -0.122. The molecule has 0 aliphatic carbocycles. The van der Waals surface area contributed by atoms with Crippen LogP contribution < -0.4 is 5.32 Å². The Balaban J connectivity index is 1.82. The van der Waals surface area contributed by atoms with Crippen LogP contribution in [0.15, 0.2) is 30.3 Å². The second-order valence-electron chi connectivity index (χ2n) is 7.94. The molecule has 1 aromatic carbocycles. The van der Waals surface area contributed by atoms with Crippen molar-refractivity contribution in [1.82, 2.24) is 20.1 Å². The minimum atomic E-state index is -2.63. The van der Waals surface area contributed by atoms with Gasteiger partial charge in [-0.15, -0.1) is 0 Å². The van der Waals surface area contributed by atoms with Crippen LogP contribution >= 0.6 is 0 Å². The number of hydrogen-bond donors (Lipinski definition) is 1. The van der Waals surface area contributed by atoms with Crippen LogP contribution in [0.3, 0.4) is 0 Å². The average Bonchev–Trinajstić information content (AvgIpc) is 3.00. The van der Waals surface area contributed by atoms with E-state index in [1.165, 1.54) is 16.3 Å². The second kappa shape index (κ2) is 8.90. The average molecular weight is 415 g/mol. The van der Waals surface area contributed by atoms with Crippen molar-refractivity contribution in [1.29, 1.82) is 0 Å².